The molecule has 1 aliphatic heterocycles. The van der Waals surface area contributed by atoms with Crippen LogP contribution in [0.1, 0.15) is 40.8 Å². The van der Waals surface area contributed by atoms with Gasteiger partial charge in [0.15, 0.2) is 0 Å². The first-order chi connectivity index (χ1) is 12.0. The molecular weight excluding hydrogens is 328 g/mol. The topological polar surface area (TPSA) is 55.3 Å². The Bertz CT molecular complexity index is 755. The van der Waals surface area contributed by atoms with E-state index < -0.39 is 13.0 Å². The van der Waals surface area contributed by atoms with E-state index in [0.29, 0.717) is 6.54 Å². The number of hydrogen-bond donors (Lipinski definition) is 0. The second-order valence-corrected chi connectivity index (χ2v) is 5.94. The lowest BCUT2D eigenvalue weighted by molar-refractivity contribution is 0.0724. The Morgan fingerprint density at radius 1 is 1.40 bits per heavy atom. The van der Waals surface area contributed by atoms with Gasteiger partial charge in [-0.3, -0.25) is 14.8 Å². The smallest absolute Gasteiger partial charge is 0.273 e. The molecule has 0 bridgehead atoms. The summed E-state index contributed by atoms with van der Waals surface area (Å²) in [5, 5.41) is 0. The van der Waals surface area contributed by atoms with Gasteiger partial charge in [-0.1, -0.05) is 6.07 Å². The molecule has 0 aromatic carbocycles. The molecule has 1 saturated heterocycles. The van der Waals surface area contributed by atoms with E-state index in [1.165, 1.54) is 18.3 Å². The second kappa shape index (κ2) is 7.55. The lowest BCUT2D eigenvalue weighted by Crippen LogP contribution is -2.31. The van der Waals surface area contributed by atoms with Crippen molar-refractivity contribution >= 4 is 5.91 Å². The minimum absolute atomic E-state index is 0.0974. The molecule has 1 fully saturated rings. The molecular formula is C18H19F2N3O2. The summed E-state index contributed by atoms with van der Waals surface area (Å²) >= 11 is 0. The normalized spacial score (nSPS) is 17.1. The highest BCUT2D eigenvalue weighted by molar-refractivity contribution is 5.93. The van der Waals surface area contributed by atoms with Crippen LogP contribution in [0.3, 0.4) is 0 Å². The zero-order chi connectivity index (χ0) is 17.8. The molecule has 2 aromatic heterocycles. The fourth-order valence-electron chi connectivity index (χ4n) is 2.99. The molecule has 3 rings (SSSR count). The number of carbonyl (C=O) groups is 1. The number of halogens is 2. The summed E-state index contributed by atoms with van der Waals surface area (Å²) < 4.78 is 29.5. The summed E-state index contributed by atoms with van der Waals surface area (Å²) in [6.45, 7) is 1.82. The Kier molecular flexibility index (Phi) is 5.21. The van der Waals surface area contributed by atoms with E-state index in [1.54, 1.807) is 4.90 Å². The summed E-state index contributed by atoms with van der Waals surface area (Å²) in [6.07, 6.45) is 0.546. The summed E-state index contributed by atoms with van der Waals surface area (Å²) in [4.78, 5) is 23.2. The van der Waals surface area contributed by atoms with Crippen LogP contribution in [0.15, 0.2) is 36.5 Å². The third kappa shape index (κ3) is 4.10. The number of likely N-dealkylation sites (tertiary alicyclic amines) is 1. The summed E-state index contributed by atoms with van der Waals surface area (Å²) in [7, 11) is 0. The zero-order valence-electron chi connectivity index (χ0n) is 13.9. The summed E-state index contributed by atoms with van der Waals surface area (Å²) in [5.74, 6) is -0.0311. The minimum Gasteiger partial charge on any atom is -0.488 e. The van der Waals surface area contributed by atoms with E-state index in [-0.39, 0.29) is 23.4 Å². The summed E-state index contributed by atoms with van der Waals surface area (Å²) in [6, 6.07) is 8.52. The highest BCUT2D eigenvalue weighted by Gasteiger charge is 2.32. The van der Waals surface area contributed by atoms with E-state index >= 15 is 0 Å². The number of amides is 1. The molecule has 7 heteroatoms. The standard InChI is InChI=1S/C18H19F2N3O2/c1-12-4-2-5-14(22-12)16-6-3-9-23(16)18(24)15-10-13(7-8-21-15)25-11-17(19)20/h2,4-5,7-8,10,16-17H,3,6,9,11H2,1H3/t16-/m1/s1. The van der Waals surface area contributed by atoms with Gasteiger partial charge < -0.3 is 9.64 Å². The third-order valence-corrected chi connectivity index (χ3v) is 4.09. The first-order valence-corrected chi connectivity index (χ1v) is 8.16. The summed E-state index contributed by atoms with van der Waals surface area (Å²) in [5.41, 5.74) is 1.94. The van der Waals surface area contributed by atoms with E-state index in [1.807, 2.05) is 25.1 Å². The van der Waals surface area contributed by atoms with Crippen molar-refractivity contribution < 1.29 is 18.3 Å². The van der Waals surface area contributed by atoms with Crippen LogP contribution < -0.4 is 4.74 Å². The van der Waals surface area contributed by atoms with Crippen molar-refractivity contribution in [3.8, 4) is 5.75 Å². The third-order valence-electron chi connectivity index (χ3n) is 4.09. The molecule has 0 aliphatic carbocycles. The Labute approximate surface area is 144 Å². The number of nitrogens with zero attached hydrogens (tertiary/aromatic N) is 3. The van der Waals surface area contributed by atoms with Crippen molar-refractivity contribution in [1.29, 1.82) is 0 Å². The fraction of sp³-hybridized carbons (Fsp3) is 0.389. The van der Waals surface area contributed by atoms with Crippen LogP contribution >= 0.6 is 0 Å². The van der Waals surface area contributed by atoms with Crippen molar-refractivity contribution in [2.45, 2.75) is 32.2 Å². The molecule has 132 valence electrons. The quantitative estimate of drug-likeness (QED) is 0.832. The van der Waals surface area contributed by atoms with E-state index in [9.17, 15) is 13.6 Å². The van der Waals surface area contributed by atoms with Gasteiger partial charge in [-0.25, -0.2) is 8.78 Å². The van der Waals surface area contributed by atoms with E-state index in [2.05, 4.69) is 9.97 Å². The van der Waals surface area contributed by atoms with Crippen LogP contribution in [0.5, 0.6) is 5.75 Å². The Balaban J connectivity index is 1.78. The van der Waals surface area contributed by atoms with Crippen LogP contribution in [0.2, 0.25) is 0 Å². The maximum atomic E-state index is 12.8. The molecule has 0 spiro atoms. The van der Waals surface area contributed by atoms with Gasteiger partial charge in [0.2, 0.25) is 0 Å². The fourth-order valence-corrected chi connectivity index (χ4v) is 2.99. The van der Waals surface area contributed by atoms with Gasteiger partial charge in [0.25, 0.3) is 12.3 Å². The SMILES string of the molecule is Cc1cccc([C@H]2CCCN2C(=O)c2cc(OCC(F)F)ccn2)n1. The minimum atomic E-state index is -2.57. The number of aryl methyl sites for hydroxylation is 1. The van der Waals surface area contributed by atoms with Crippen molar-refractivity contribution in [3.63, 3.8) is 0 Å². The van der Waals surface area contributed by atoms with Crippen LogP contribution in [0.4, 0.5) is 8.78 Å². The second-order valence-electron chi connectivity index (χ2n) is 5.94. The maximum absolute atomic E-state index is 12.8. The van der Waals surface area contributed by atoms with Gasteiger partial charge in [0, 0.05) is 24.5 Å². The van der Waals surface area contributed by atoms with Gasteiger partial charge in [0.1, 0.15) is 18.1 Å². The zero-order valence-corrected chi connectivity index (χ0v) is 13.9. The number of hydrogen-bond acceptors (Lipinski definition) is 4. The van der Waals surface area contributed by atoms with E-state index in [4.69, 9.17) is 4.74 Å². The molecule has 0 unspecified atom stereocenters. The number of pyridine rings is 2. The molecule has 0 saturated carbocycles. The van der Waals surface area contributed by atoms with Crippen LogP contribution in [0.25, 0.3) is 0 Å². The molecule has 0 N–H and O–H groups in total. The number of rotatable bonds is 5. The Morgan fingerprint density at radius 3 is 3.00 bits per heavy atom. The molecule has 3 heterocycles. The predicted octanol–water partition coefficient (Wildman–Crippen LogP) is 3.41. The first kappa shape index (κ1) is 17.3. The molecule has 0 radical (unpaired) electrons. The molecule has 2 aromatic rings. The first-order valence-electron chi connectivity index (χ1n) is 8.16. The maximum Gasteiger partial charge on any atom is 0.273 e. The number of carbonyl (C=O) groups excluding carboxylic acids is 1. The number of ether oxygens (including phenoxy) is 1. The number of aromatic nitrogens is 2. The predicted molar refractivity (Wildman–Crippen MR) is 87.7 cm³/mol. The van der Waals surface area contributed by atoms with Crippen LogP contribution in [-0.4, -0.2) is 40.4 Å². The largest absolute Gasteiger partial charge is 0.488 e. The Hall–Kier alpha value is -2.57. The monoisotopic (exact) mass is 347 g/mol. The molecule has 1 atom stereocenters. The molecule has 1 aliphatic rings. The van der Waals surface area contributed by atoms with Crippen molar-refractivity contribution in [1.82, 2.24) is 14.9 Å². The average molecular weight is 347 g/mol. The Morgan fingerprint density at radius 2 is 2.24 bits per heavy atom. The number of alkyl halides is 2. The van der Waals surface area contributed by atoms with Gasteiger partial charge in [-0.2, -0.15) is 0 Å². The van der Waals surface area contributed by atoms with Gasteiger partial charge in [-0.05, 0) is 38.0 Å². The van der Waals surface area contributed by atoms with Crippen LogP contribution in [0, 0.1) is 6.92 Å². The highest BCUT2D eigenvalue weighted by Crippen LogP contribution is 2.32. The lowest BCUT2D eigenvalue weighted by atomic mass is 10.1. The van der Waals surface area contributed by atoms with Crippen LogP contribution in [-0.2, 0) is 0 Å². The molecule has 25 heavy (non-hydrogen) atoms. The van der Waals surface area contributed by atoms with Crippen molar-refractivity contribution in [2.75, 3.05) is 13.2 Å². The van der Waals surface area contributed by atoms with Gasteiger partial charge in [-0.15, -0.1) is 0 Å². The van der Waals surface area contributed by atoms with Gasteiger partial charge >= 0.3 is 0 Å². The van der Waals surface area contributed by atoms with E-state index in [0.717, 1.165) is 24.2 Å². The molecule has 1 amide bonds. The van der Waals surface area contributed by atoms with Crippen molar-refractivity contribution in [3.05, 3.63) is 53.6 Å². The lowest BCUT2D eigenvalue weighted by Gasteiger charge is -2.24. The van der Waals surface area contributed by atoms with Gasteiger partial charge in [0.05, 0.1) is 11.7 Å². The van der Waals surface area contributed by atoms with Crippen molar-refractivity contribution in [2.24, 2.45) is 0 Å². The average Bonchev–Trinajstić information content (AvgIpc) is 3.09. The highest BCUT2D eigenvalue weighted by atomic mass is 19.3. The molecule has 5 nitrogen and oxygen atoms in total.